The molecule has 0 aliphatic heterocycles. The molecule has 0 aliphatic rings. The van der Waals surface area contributed by atoms with Gasteiger partial charge in [-0.15, -0.1) is 0 Å². The summed E-state index contributed by atoms with van der Waals surface area (Å²) < 4.78 is 16.7. The maximum absolute atomic E-state index is 11.1. The summed E-state index contributed by atoms with van der Waals surface area (Å²) >= 11 is 0. The van der Waals surface area contributed by atoms with Crippen molar-refractivity contribution < 1.29 is 18.8 Å². The summed E-state index contributed by atoms with van der Waals surface area (Å²) in [5.41, 5.74) is 1.52. The van der Waals surface area contributed by atoms with Gasteiger partial charge in [-0.25, -0.2) is 0 Å². The van der Waals surface area contributed by atoms with Crippen molar-refractivity contribution in [3.8, 4) is 28.6 Å². The molecule has 1 heterocycles. The van der Waals surface area contributed by atoms with Crippen LogP contribution in [0.15, 0.2) is 83.4 Å². The van der Waals surface area contributed by atoms with E-state index in [1.165, 1.54) is 6.92 Å². The van der Waals surface area contributed by atoms with Crippen LogP contribution in [-0.4, -0.2) is 16.0 Å². The normalized spacial score (nSPS) is 10.4. The molecular formula is C23H19N3O4. The Bertz CT molecular complexity index is 1110. The third-order valence-corrected chi connectivity index (χ3v) is 4.10. The zero-order valence-corrected chi connectivity index (χ0v) is 16.2. The molecule has 0 saturated heterocycles. The second kappa shape index (κ2) is 8.91. The van der Waals surface area contributed by atoms with Gasteiger partial charge in [0.15, 0.2) is 6.61 Å². The molecular weight excluding hydrogens is 382 g/mol. The van der Waals surface area contributed by atoms with Crippen LogP contribution < -0.4 is 14.8 Å². The van der Waals surface area contributed by atoms with Gasteiger partial charge in [-0.2, -0.15) is 4.98 Å². The number of aromatic nitrogens is 2. The Kier molecular flexibility index (Phi) is 5.70. The Labute approximate surface area is 173 Å². The quantitative estimate of drug-likeness (QED) is 0.465. The number of nitrogens with one attached hydrogen (secondary N) is 1. The average Bonchev–Trinajstić information content (AvgIpc) is 3.24. The van der Waals surface area contributed by atoms with E-state index in [1.807, 2.05) is 54.6 Å². The van der Waals surface area contributed by atoms with Crippen LogP contribution in [0.1, 0.15) is 12.8 Å². The molecule has 0 radical (unpaired) electrons. The predicted molar refractivity (Wildman–Crippen MR) is 111 cm³/mol. The van der Waals surface area contributed by atoms with Crippen molar-refractivity contribution in [2.45, 2.75) is 13.5 Å². The van der Waals surface area contributed by atoms with Gasteiger partial charge < -0.3 is 19.3 Å². The molecule has 150 valence electrons. The van der Waals surface area contributed by atoms with Gasteiger partial charge in [0.1, 0.15) is 17.2 Å². The number of amides is 1. The second-order valence-electron chi connectivity index (χ2n) is 6.45. The highest BCUT2D eigenvalue weighted by molar-refractivity contribution is 5.88. The topological polar surface area (TPSA) is 86.5 Å². The molecule has 4 rings (SSSR count). The van der Waals surface area contributed by atoms with Crippen molar-refractivity contribution in [3.63, 3.8) is 0 Å². The van der Waals surface area contributed by atoms with E-state index in [2.05, 4.69) is 15.5 Å². The number of ether oxygens (including phenoxy) is 2. The highest BCUT2D eigenvalue weighted by Gasteiger charge is 2.10. The first-order chi connectivity index (χ1) is 14.7. The standard InChI is InChI=1S/C23H19N3O4/c1-16(27)24-18-9-13-21(14-10-18)29-20-11-7-17(8-12-20)23-25-22(30-26-23)15-28-19-5-3-2-4-6-19/h2-14H,15H2,1H3,(H,24,27). The van der Waals surface area contributed by atoms with Crippen LogP contribution in [0.2, 0.25) is 0 Å². The van der Waals surface area contributed by atoms with Gasteiger partial charge in [0.2, 0.25) is 11.7 Å². The number of carbonyl (C=O) groups is 1. The van der Waals surface area contributed by atoms with Crippen LogP contribution in [0, 0.1) is 0 Å². The summed E-state index contributed by atoms with van der Waals surface area (Å²) in [7, 11) is 0. The minimum absolute atomic E-state index is 0.115. The maximum Gasteiger partial charge on any atom is 0.264 e. The van der Waals surface area contributed by atoms with Crippen LogP contribution in [0.3, 0.4) is 0 Å². The van der Waals surface area contributed by atoms with Gasteiger partial charge in [-0.3, -0.25) is 4.79 Å². The molecule has 1 amide bonds. The van der Waals surface area contributed by atoms with E-state index in [1.54, 1.807) is 24.3 Å². The highest BCUT2D eigenvalue weighted by atomic mass is 16.5. The lowest BCUT2D eigenvalue weighted by Gasteiger charge is -2.07. The highest BCUT2D eigenvalue weighted by Crippen LogP contribution is 2.26. The molecule has 0 atom stereocenters. The van der Waals surface area contributed by atoms with Crippen LogP contribution in [0.4, 0.5) is 5.69 Å². The molecule has 3 aromatic carbocycles. The Morgan fingerprint density at radius 3 is 2.23 bits per heavy atom. The van der Waals surface area contributed by atoms with E-state index < -0.39 is 0 Å². The molecule has 7 heteroatoms. The van der Waals surface area contributed by atoms with Crippen molar-refractivity contribution in [1.29, 1.82) is 0 Å². The van der Waals surface area contributed by atoms with E-state index in [0.29, 0.717) is 28.9 Å². The molecule has 0 bridgehead atoms. The predicted octanol–water partition coefficient (Wildman–Crippen LogP) is 5.07. The second-order valence-corrected chi connectivity index (χ2v) is 6.45. The zero-order chi connectivity index (χ0) is 20.8. The van der Waals surface area contributed by atoms with Gasteiger partial charge >= 0.3 is 0 Å². The van der Waals surface area contributed by atoms with Crippen molar-refractivity contribution in [1.82, 2.24) is 10.1 Å². The number of hydrogen-bond acceptors (Lipinski definition) is 6. The molecule has 4 aromatic rings. The van der Waals surface area contributed by atoms with Crippen LogP contribution in [-0.2, 0) is 11.4 Å². The first-order valence-corrected chi connectivity index (χ1v) is 9.32. The number of nitrogens with zero attached hydrogens (tertiary/aromatic N) is 2. The van der Waals surface area contributed by atoms with E-state index in [0.717, 1.165) is 11.3 Å². The molecule has 0 aliphatic carbocycles. The Balaban J connectivity index is 1.36. The molecule has 0 fully saturated rings. The van der Waals surface area contributed by atoms with Gasteiger partial charge in [-0.05, 0) is 60.7 Å². The molecule has 7 nitrogen and oxygen atoms in total. The summed E-state index contributed by atoms with van der Waals surface area (Å²) in [6, 6.07) is 24.0. The Morgan fingerprint density at radius 2 is 1.57 bits per heavy atom. The van der Waals surface area contributed by atoms with Crippen molar-refractivity contribution >= 4 is 11.6 Å². The molecule has 0 saturated carbocycles. The van der Waals surface area contributed by atoms with E-state index in [-0.39, 0.29) is 12.5 Å². The number of carbonyl (C=O) groups excluding carboxylic acids is 1. The van der Waals surface area contributed by atoms with Crippen molar-refractivity contribution in [2.24, 2.45) is 0 Å². The zero-order valence-electron chi connectivity index (χ0n) is 16.2. The first-order valence-electron chi connectivity index (χ1n) is 9.32. The summed E-state index contributed by atoms with van der Waals surface area (Å²) in [5, 5.41) is 6.72. The molecule has 1 aromatic heterocycles. The lowest BCUT2D eigenvalue weighted by Crippen LogP contribution is -2.05. The van der Waals surface area contributed by atoms with Crippen LogP contribution in [0.5, 0.6) is 17.2 Å². The molecule has 1 N–H and O–H groups in total. The fourth-order valence-corrected chi connectivity index (χ4v) is 2.71. The fourth-order valence-electron chi connectivity index (χ4n) is 2.71. The smallest absolute Gasteiger partial charge is 0.264 e. The first kappa shape index (κ1) is 19.2. The van der Waals surface area contributed by atoms with Crippen LogP contribution >= 0.6 is 0 Å². The van der Waals surface area contributed by atoms with E-state index in [9.17, 15) is 4.79 Å². The molecule has 30 heavy (non-hydrogen) atoms. The summed E-state index contributed by atoms with van der Waals surface area (Å²) in [6.45, 7) is 1.67. The Morgan fingerprint density at radius 1 is 0.900 bits per heavy atom. The van der Waals surface area contributed by atoms with Crippen LogP contribution in [0.25, 0.3) is 11.4 Å². The summed E-state index contributed by atoms with van der Waals surface area (Å²) in [4.78, 5) is 15.4. The van der Waals surface area contributed by atoms with Crippen molar-refractivity contribution in [2.75, 3.05) is 5.32 Å². The third-order valence-electron chi connectivity index (χ3n) is 4.10. The van der Waals surface area contributed by atoms with E-state index in [4.69, 9.17) is 14.0 Å². The number of rotatable bonds is 7. The number of hydrogen-bond donors (Lipinski definition) is 1. The monoisotopic (exact) mass is 401 g/mol. The minimum Gasteiger partial charge on any atom is -0.484 e. The third kappa shape index (κ3) is 5.02. The lowest BCUT2D eigenvalue weighted by molar-refractivity contribution is -0.114. The van der Waals surface area contributed by atoms with Gasteiger partial charge in [0, 0.05) is 18.2 Å². The summed E-state index contributed by atoms with van der Waals surface area (Å²) in [6.07, 6.45) is 0. The van der Waals surface area contributed by atoms with Gasteiger partial charge in [0.25, 0.3) is 5.89 Å². The molecule has 0 unspecified atom stereocenters. The molecule has 0 spiro atoms. The number of para-hydroxylation sites is 1. The fraction of sp³-hybridized carbons (Fsp3) is 0.0870. The van der Waals surface area contributed by atoms with Gasteiger partial charge in [-0.1, -0.05) is 23.4 Å². The summed E-state index contributed by atoms with van der Waals surface area (Å²) in [5.74, 6) is 2.83. The minimum atomic E-state index is -0.115. The lowest BCUT2D eigenvalue weighted by atomic mass is 10.2. The maximum atomic E-state index is 11.1. The van der Waals surface area contributed by atoms with Gasteiger partial charge in [0.05, 0.1) is 0 Å². The largest absolute Gasteiger partial charge is 0.484 e. The average molecular weight is 401 g/mol. The SMILES string of the molecule is CC(=O)Nc1ccc(Oc2ccc(-c3noc(COc4ccccc4)n3)cc2)cc1. The number of anilines is 1. The number of benzene rings is 3. The van der Waals surface area contributed by atoms with E-state index >= 15 is 0 Å². The van der Waals surface area contributed by atoms with Crippen molar-refractivity contribution in [3.05, 3.63) is 84.8 Å². The Hall–Kier alpha value is -4.13.